The molecular formula is C11H5Br2FN2O3. The van der Waals surface area contributed by atoms with Crippen molar-refractivity contribution in [1.82, 2.24) is 4.98 Å². The maximum Gasteiger partial charge on any atom is 0.312 e. The zero-order valence-corrected chi connectivity index (χ0v) is 12.3. The van der Waals surface area contributed by atoms with Crippen molar-refractivity contribution in [3.05, 3.63) is 55.5 Å². The summed E-state index contributed by atoms with van der Waals surface area (Å²) in [4.78, 5) is 14.1. The first-order chi connectivity index (χ1) is 8.99. The number of rotatable bonds is 3. The highest BCUT2D eigenvalue weighted by Crippen LogP contribution is 2.37. The Hall–Kier alpha value is -1.54. The van der Waals surface area contributed by atoms with Crippen molar-refractivity contribution in [1.29, 1.82) is 0 Å². The van der Waals surface area contributed by atoms with Gasteiger partial charge in [-0.1, -0.05) is 0 Å². The molecule has 1 aromatic heterocycles. The van der Waals surface area contributed by atoms with Crippen LogP contribution >= 0.6 is 31.9 Å². The average Bonchev–Trinajstić information content (AvgIpc) is 2.36. The fourth-order valence-corrected chi connectivity index (χ4v) is 1.97. The summed E-state index contributed by atoms with van der Waals surface area (Å²) in [6.07, 6.45) is 2.93. The number of nitrogens with zero attached hydrogens (tertiary/aromatic N) is 2. The second-order valence-corrected chi connectivity index (χ2v) is 5.11. The van der Waals surface area contributed by atoms with Crippen LogP contribution in [0.3, 0.4) is 0 Å². The molecule has 19 heavy (non-hydrogen) atoms. The molecule has 2 aromatic rings. The van der Waals surface area contributed by atoms with E-state index in [4.69, 9.17) is 4.74 Å². The first-order valence-electron chi connectivity index (χ1n) is 4.90. The molecule has 0 amide bonds. The fourth-order valence-electron chi connectivity index (χ4n) is 1.31. The molecule has 1 aromatic carbocycles. The molecule has 1 heterocycles. The second-order valence-electron chi connectivity index (χ2n) is 3.40. The zero-order chi connectivity index (χ0) is 14.0. The summed E-state index contributed by atoms with van der Waals surface area (Å²) in [5, 5.41) is 10.9. The van der Waals surface area contributed by atoms with Gasteiger partial charge in [-0.05, 0) is 31.9 Å². The van der Waals surface area contributed by atoms with Gasteiger partial charge in [-0.2, -0.15) is 0 Å². The quantitative estimate of drug-likeness (QED) is 0.572. The van der Waals surface area contributed by atoms with Crippen LogP contribution in [0.1, 0.15) is 0 Å². The predicted octanol–water partition coefficient (Wildman–Crippen LogP) is 4.45. The first kappa shape index (κ1) is 13.9. The Labute approximate surface area is 123 Å². The van der Waals surface area contributed by atoms with Crippen molar-refractivity contribution in [2.45, 2.75) is 0 Å². The van der Waals surface area contributed by atoms with Gasteiger partial charge in [-0.15, -0.1) is 0 Å². The minimum absolute atomic E-state index is 0.000319. The number of benzene rings is 1. The number of halogens is 3. The molecule has 0 radical (unpaired) electrons. The van der Waals surface area contributed by atoms with Crippen molar-refractivity contribution in [3.63, 3.8) is 0 Å². The van der Waals surface area contributed by atoms with Crippen LogP contribution in [0.25, 0.3) is 0 Å². The van der Waals surface area contributed by atoms with Crippen molar-refractivity contribution < 1.29 is 14.1 Å². The summed E-state index contributed by atoms with van der Waals surface area (Å²) < 4.78 is 19.3. The van der Waals surface area contributed by atoms with E-state index in [1.165, 1.54) is 18.5 Å². The topological polar surface area (TPSA) is 65.3 Å². The van der Waals surface area contributed by atoms with Gasteiger partial charge in [0.1, 0.15) is 11.6 Å². The third kappa shape index (κ3) is 3.07. The molecule has 0 bridgehead atoms. The van der Waals surface area contributed by atoms with Crippen molar-refractivity contribution in [3.8, 4) is 11.5 Å². The van der Waals surface area contributed by atoms with Crippen LogP contribution in [0.4, 0.5) is 10.1 Å². The summed E-state index contributed by atoms with van der Waals surface area (Å²) in [5.74, 6) is -0.525. The van der Waals surface area contributed by atoms with E-state index in [-0.39, 0.29) is 15.9 Å². The molecule has 0 aliphatic rings. The highest BCUT2D eigenvalue weighted by molar-refractivity contribution is 9.10. The largest absolute Gasteiger partial charge is 0.449 e. The Morgan fingerprint density at radius 3 is 2.63 bits per heavy atom. The van der Waals surface area contributed by atoms with E-state index in [2.05, 4.69) is 36.8 Å². The van der Waals surface area contributed by atoms with E-state index in [0.717, 1.165) is 12.1 Å². The number of aromatic nitrogens is 1. The summed E-state index contributed by atoms with van der Waals surface area (Å²) in [6, 6.07) is 3.52. The lowest BCUT2D eigenvalue weighted by atomic mass is 10.3. The average molecular weight is 392 g/mol. The van der Waals surface area contributed by atoms with Gasteiger partial charge in [-0.25, -0.2) is 4.39 Å². The van der Waals surface area contributed by atoms with Gasteiger partial charge in [0.2, 0.25) is 5.75 Å². The molecule has 98 valence electrons. The molecule has 0 spiro atoms. The number of nitro benzene ring substituents is 1. The molecule has 5 nitrogen and oxygen atoms in total. The number of ether oxygens (including phenoxy) is 1. The molecule has 8 heteroatoms. The minimum Gasteiger partial charge on any atom is -0.449 e. The minimum atomic E-state index is -0.647. The van der Waals surface area contributed by atoms with Gasteiger partial charge in [0.15, 0.2) is 0 Å². The predicted molar refractivity (Wildman–Crippen MR) is 72.8 cm³/mol. The number of pyridine rings is 1. The van der Waals surface area contributed by atoms with Gasteiger partial charge in [-0.3, -0.25) is 15.1 Å². The van der Waals surface area contributed by atoms with E-state index >= 15 is 0 Å². The van der Waals surface area contributed by atoms with Crippen LogP contribution < -0.4 is 4.74 Å². The number of hydrogen-bond acceptors (Lipinski definition) is 4. The van der Waals surface area contributed by atoms with Crippen LogP contribution in [0.2, 0.25) is 0 Å². The third-order valence-corrected chi connectivity index (χ3v) is 3.36. The van der Waals surface area contributed by atoms with Gasteiger partial charge in [0, 0.05) is 30.6 Å². The Bertz CT molecular complexity index is 652. The van der Waals surface area contributed by atoms with E-state index < -0.39 is 10.7 Å². The Balaban J connectivity index is 2.48. The van der Waals surface area contributed by atoms with Crippen molar-refractivity contribution >= 4 is 37.5 Å². The zero-order valence-electron chi connectivity index (χ0n) is 9.14. The molecule has 0 fully saturated rings. The van der Waals surface area contributed by atoms with Crippen LogP contribution in [0.15, 0.2) is 39.5 Å². The lowest BCUT2D eigenvalue weighted by Crippen LogP contribution is -1.95. The van der Waals surface area contributed by atoms with Crippen LogP contribution in [0.5, 0.6) is 11.5 Å². The molecule has 2 rings (SSSR count). The summed E-state index contributed by atoms with van der Waals surface area (Å²) in [5.41, 5.74) is -0.336. The monoisotopic (exact) mass is 390 g/mol. The summed E-state index contributed by atoms with van der Waals surface area (Å²) >= 11 is 6.08. The van der Waals surface area contributed by atoms with E-state index in [9.17, 15) is 14.5 Å². The third-order valence-electron chi connectivity index (χ3n) is 2.15. The first-order valence-corrected chi connectivity index (χ1v) is 6.48. The molecule has 0 atom stereocenters. The van der Waals surface area contributed by atoms with Crippen molar-refractivity contribution in [2.75, 3.05) is 0 Å². The van der Waals surface area contributed by atoms with Gasteiger partial charge in [0.25, 0.3) is 0 Å². The highest BCUT2D eigenvalue weighted by Gasteiger charge is 2.20. The second kappa shape index (κ2) is 5.62. The molecule has 0 N–H and O–H groups in total. The Morgan fingerprint density at radius 2 is 2.00 bits per heavy atom. The van der Waals surface area contributed by atoms with Gasteiger partial charge >= 0.3 is 5.69 Å². The van der Waals surface area contributed by atoms with E-state index in [1.807, 2.05) is 0 Å². The maximum atomic E-state index is 13.5. The van der Waals surface area contributed by atoms with E-state index in [1.54, 1.807) is 0 Å². The summed E-state index contributed by atoms with van der Waals surface area (Å²) in [7, 11) is 0. The normalized spacial score (nSPS) is 10.3. The van der Waals surface area contributed by atoms with Crippen LogP contribution in [-0.2, 0) is 0 Å². The molecular weight excluding hydrogens is 387 g/mol. The van der Waals surface area contributed by atoms with E-state index in [0.29, 0.717) is 10.2 Å². The highest BCUT2D eigenvalue weighted by atomic mass is 79.9. The molecule has 0 saturated carbocycles. The number of nitro groups is 1. The van der Waals surface area contributed by atoms with Crippen molar-refractivity contribution in [2.24, 2.45) is 0 Å². The molecule has 0 aliphatic carbocycles. The maximum absolute atomic E-state index is 13.5. The van der Waals surface area contributed by atoms with Gasteiger partial charge < -0.3 is 4.74 Å². The molecule has 0 aliphatic heterocycles. The standard InChI is InChI=1S/C11H5Br2FN2O3/c12-6-3-9(16(17)18)11(4-8(6)14)19-10-1-2-15-5-7(10)13/h1-5H. The lowest BCUT2D eigenvalue weighted by Gasteiger charge is -2.08. The summed E-state index contributed by atoms with van der Waals surface area (Å²) in [6.45, 7) is 0. The Kier molecular flexibility index (Phi) is 4.11. The van der Waals surface area contributed by atoms with Gasteiger partial charge in [0.05, 0.1) is 13.9 Å². The van der Waals surface area contributed by atoms with Crippen LogP contribution in [-0.4, -0.2) is 9.91 Å². The fraction of sp³-hybridized carbons (Fsp3) is 0. The molecule has 0 saturated heterocycles. The van der Waals surface area contributed by atoms with Crippen LogP contribution in [0, 0.1) is 15.9 Å². The lowest BCUT2D eigenvalue weighted by molar-refractivity contribution is -0.385. The molecule has 0 unspecified atom stereocenters. The SMILES string of the molecule is O=[N+]([O-])c1cc(Br)c(F)cc1Oc1ccncc1Br. The smallest absolute Gasteiger partial charge is 0.312 e. The Morgan fingerprint density at radius 1 is 1.26 bits per heavy atom. The number of hydrogen-bond donors (Lipinski definition) is 0.